The summed E-state index contributed by atoms with van der Waals surface area (Å²) in [5.41, 5.74) is 1.28. The van der Waals surface area contributed by atoms with E-state index >= 15 is 0 Å². The van der Waals surface area contributed by atoms with Crippen molar-refractivity contribution < 1.29 is 4.74 Å². The number of unbranched alkanes of at least 4 members (excludes halogenated alkanes) is 2. The van der Waals surface area contributed by atoms with E-state index in [4.69, 9.17) is 4.74 Å². The van der Waals surface area contributed by atoms with Crippen LogP contribution in [0.2, 0.25) is 0 Å². The van der Waals surface area contributed by atoms with Crippen LogP contribution in [0.3, 0.4) is 0 Å². The number of rotatable bonds is 7. The van der Waals surface area contributed by atoms with E-state index in [1.165, 1.54) is 18.4 Å². The molecule has 0 saturated carbocycles. The second-order valence-corrected chi connectivity index (χ2v) is 3.77. The first kappa shape index (κ1) is 12.1. The fourth-order valence-electron chi connectivity index (χ4n) is 1.58. The molecule has 15 heavy (non-hydrogen) atoms. The number of hydrogen-bond acceptors (Lipinski definition) is 1. The third-order valence-electron chi connectivity index (χ3n) is 2.42. The fourth-order valence-corrected chi connectivity index (χ4v) is 1.58. The van der Waals surface area contributed by atoms with Gasteiger partial charge >= 0.3 is 0 Å². The van der Waals surface area contributed by atoms with Crippen LogP contribution in [0.15, 0.2) is 24.3 Å². The Bertz CT molecular complexity index is 268. The maximum atomic E-state index is 5.76. The second-order valence-electron chi connectivity index (χ2n) is 3.77. The molecule has 0 unspecified atom stereocenters. The van der Waals surface area contributed by atoms with Gasteiger partial charge < -0.3 is 4.74 Å². The minimum absolute atomic E-state index is 0.835. The normalized spacial score (nSPS) is 10.3. The first-order valence-electron chi connectivity index (χ1n) is 5.88. The summed E-state index contributed by atoms with van der Waals surface area (Å²) in [6, 6.07) is 8.27. The summed E-state index contributed by atoms with van der Waals surface area (Å²) in [6.07, 6.45) is 5.57. The maximum absolute atomic E-state index is 5.76. The molecule has 0 aliphatic rings. The zero-order valence-electron chi connectivity index (χ0n) is 9.67. The Morgan fingerprint density at radius 3 is 2.73 bits per heavy atom. The lowest BCUT2D eigenvalue weighted by atomic mass is 10.1. The molecule has 0 aliphatic carbocycles. The molecular formula is C14H21O. The first-order chi connectivity index (χ1) is 7.38. The molecule has 0 bridgehead atoms. The molecule has 83 valence electrons. The Labute approximate surface area is 93.5 Å². The molecule has 0 amide bonds. The quantitative estimate of drug-likeness (QED) is 0.611. The molecule has 0 fully saturated rings. The maximum Gasteiger partial charge on any atom is 0.122 e. The fraction of sp³-hybridized carbons (Fsp3) is 0.500. The zero-order chi connectivity index (χ0) is 10.9. The summed E-state index contributed by atoms with van der Waals surface area (Å²) in [4.78, 5) is 0. The van der Waals surface area contributed by atoms with Crippen LogP contribution >= 0.6 is 0 Å². The lowest BCUT2D eigenvalue weighted by molar-refractivity contribution is 0.303. The van der Waals surface area contributed by atoms with Gasteiger partial charge in [-0.25, -0.2) is 0 Å². The Hall–Kier alpha value is -0.980. The number of benzene rings is 1. The number of hydrogen-bond donors (Lipinski definition) is 0. The van der Waals surface area contributed by atoms with Gasteiger partial charge in [0.15, 0.2) is 0 Å². The molecule has 0 N–H and O–H groups in total. The summed E-state index contributed by atoms with van der Waals surface area (Å²) < 4.78 is 5.76. The van der Waals surface area contributed by atoms with E-state index < -0.39 is 0 Å². The van der Waals surface area contributed by atoms with E-state index in [1.807, 2.05) is 6.07 Å². The summed E-state index contributed by atoms with van der Waals surface area (Å²) in [5, 5.41) is 0. The summed E-state index contributed by atoms with van der Waals surface area (Å²) in [7, 11) is 0. The van der Waals surface area contributed by atoms with Crippen LogP contribution in [0.1, 0.15) is 38.2 Å². The Kier molecular flexibility index (Phi) is 5.91. The van der Waals surface area contributed by atoms with Crippen molar-refractivity contribution in [3.8, 4) is 5.75 Å². The van der Waals surface area contributed by atoms with Crippen LogP contribution in [0.4, 0.5) is 0 Å². The first-order valence-corrected chi connectivity index (χ1v) is 5.88. The van der Waals surface area contributed by atoms with E-state index in [1.54, 1.807) is 0 Å². The van der Waals surface area contributed by atoms with E-state index in [0.717, 1.165) is 31.6 Å². The zero-order valence-corrected chi connectivity index (χ0v) is 9.67. The number of ether oxygens (including phenoxy) is 1. The SMILES string of the molecule is [CH2]CCc1ccccc1OCCCCC. The van der Waals surface area contributed by atoms with Crippen molar-refractivity contribution >= 4 is 0 Å². The van der Waals surface area contributed by atoms with E-state index in [2.05, 4.69) is 32.0 Å². The third-order valence-corrected chi connectivity index (χ3v) is 2.42. The molecule has 1 aromatic rings. The number of para-hydroxylation sites is 1. The van der Waals surface area contributed by atoms with Gasteiger partial charge in [0, 0.05) is 0 Å². The molecular weight excluding hydrogens is 184 g/mol. The van der Waals surface area contributed by atoms with Crippen molar-refractivity contribution in [1.82, 2.24) is 0 Å². The van der Waals surface area contributed by atoms with Gasteiger partial charge in [-0.05, 0) is 30.9 Å². The molecule has 0 atom stereocenters. The molecule has 0 spiro atoms. The summed E-state index contributed by atoms with van der Waals surface area (Å²) in [5.74, 6) is 1.04. The standard InChI is InChI=1S/C14H21O/c1-3-5-8-12-15-14-11-7-6-10-13(14)9-4-2/h6-7,10-11H,2-5,8-9,12H2,1H3. The molecule has 1 nitrogen and oxygen atoms in total. The van der Waals surface area contributed by atoms with Crippen LogP contribution in [-0.2, 0) is 6.42 Å². The molecule has 0 aliphatic heterocycles. The monoisotopic (exact) mass is 205 g/mol. The largest absolute Gasteiger partial charge is 0.493 e. The molecule has 1 rings (SSSR count). The van der Waals surface area contributed by atoms with Gasteiger partial charge in [0.05, 0.1) is 6.61 Å². The molecule has 0 aromatic heterocycles. The summed E-state index contributed by atoms with van der Waals surface area (Å²) >= 11 is 0. The van der Waals surface area contributed by atoms with Crippen molar-refractivity contribution in [2.24, 2.45) is 0 Å². The predicted octanol–water partition coefficient (Wildman–Crippen LogP) is 4.02. The average molecular weight is 205 g/mol. The van der Waals surface area contributed by atoms with Gasteiger partial charge in [0.1, 0.15) is 5.75 Å². The van der Waals surface area contributed by atoms with Crippen molar-refractivity contribution in [1.29, 1.82) is 0 Å². The van der Waals surface area contributed by atoms with Gasteiger partial charge in [-0.15, -0.1) is 0 Å². The Balaban J connectivity index is 2.44. The molecule has 1 radical (unpaired) electrons. The summed E-state index contributed by atoms with van der Waals surface area (Å²) in [6.45, 7) is 6.92. The van der Waals surface area contributed by atoms with Gasteiger partial charge in [0.2, 0.25) is 0 Å². The second kappa shape index (κ2) is 7.33. The van der Waals surface area contributed by atoms with Crippen LogP contribution in [0.25, 0.3) is 0 Å². The highest BCUT2D eigenvalue weighted by atomic mass is 16.5. The molecule has 1 heteroatoms. The average Bonchev–Trinajstić information content (AvgIpc) is 2.27. The minimum Gasteiger partial charge on any atom is -0.493 e. The lowest BCUT2D eigenvalue weighted by Crippen LogP contribution is -1.99. The van der Waals surface area contributed by atoms with Gasteiger partial charge in [-0.3, -0.25) is 0 Å². The van der Waals surface area contributed by atoms with E-state index in [9.17, 15) is 0 Å². The van der Waals surface area contributed by atoms with Crippen LogP contribution in [0, 0.1) is 6.92 Å². The highest BCUT2D eigenvalue weighted by Crippen LogP contribution is 2.19. The van der Waals surface area contributed by atoms with Gasteiger partial charge in [-0.2, -0.15) is 0 Å². The van der Waals surface area contributed by atoms with E-state index in [0.29, 0.717) is 0 Å². The lowest BCUT2D eigenvalue weighted by Gasteiger charge is -2.10. The van der Waals surface area contributed by atoms with Crippen molar-refractivity contribution in [3.63, 3.8) is 0 Å². The third kappa shape index (κ3) is 4.37. The van der Waals surface area contributed by atoms with E-state index in [-0.39, 0.29) is 0 Å². The Morgan fingerprint density at radius 1 is 1.20 bits per heavy atom. The van der Waals surface area contributed by atoms with Crippen molar-refractivity contribution in [2.45, 2.75) is 39.0 Å². The minimum atomic E-state index is 0.835. The predicted molar refractivity (Wildman–Crippen MR) is 65.1 cm³/mol. The molecule has 0 heterocycles. The van der Waals surface area contributed by atoms with Crippen LogP contribution in [-0.4, -0.2) is 6.61 Å². The molecule has 0 saturated heterocycles. The van der Waals surface area contributed by atoms with Crippen LogP contribution in [0.5, 0.6) is 5.75 Å². The highest BCUT2D eigenvalue weighted by molar-refractivity contribution is 5.33. The van der Waals surface area contributed by atoms with Gasteiger partial charge in [0.25, 0.3) is 0 Å². The molecule has 1 aromatic carbocycles. The van der Waals surface area contributed by atoms with Crippen molar-refractivity contribution in [2.75, 3.05) is 6.61 Å². The Morgan fingerprint density at radius 2 is 2.00 bits per heavy atom. The number of aryl methyl sites for hydroxylation is 1. The van der Waals surface area contributed by atoms with Crippen LogP contribution < -0.4 is 4.74 Å². The topological polar surface area (TPSA) is 9.23 Å². The van der Waals surface area contributed by atoms with Gasteiger partial charge in [-0.1, -0.05) is 44.9 Å². The van der Waals surface area contributed by atoms with Crippen molar-refractivity contribution in [3.05, 3.63) is 36.8 Å². The highest BCUT2D eigenvalue weighted by Gasteiger charge is 2.00. The smallest absolute Gasteiger partial charge is 0.122 e.